The highest BCUT2D eigenvalue weighted by atomic mass is 16.5. The first kappa shape index (κ1) is 38.4. The summed E-state index contributed by atoms with van der Waals surface area (Å²) < 4.78 is 23.8. The lowest BCUT2D eigenvalue weighted by atomic mass is 9.77. The summed E-state index contributed by atoms with van der Waals surface area (Å²) in [4.78, 5) is 50.4. The van der Waals surface area contributed by atoms with Gasteiger partial charge in [0.15, 0.2) is 0 Å². The first-order chi connectivity index (χ1) is 24.2. The Balaban J connectivity index is 0.990. The standard InChI is InChI=1S/C38H58N2O10/c1-2-47-29-16-18-31(37(43)44)33(22-29)35(41)39-24-8-12-27(13-9-24)50-28-14-10-25(11-15-28)40-36(42)34-23-30(17-19-32(34)38(45)46)49-21-20-48-26-6-4-3-5-7-26/h1,24-34H,3-23H2,(H,39,41)(H,40,42)(H,43,44)(H,45,46). The fourth-order valence-electron chi connectivity index (χ4n) is 9.03. The summed E-state index contributed by atoms with van der Waals surface area (Å²) in [7, 11) is 0. The van der Waals surface area contributed by atoms with Gasteiger partial charge < -0.3 is 39.8 Å². The van der Waals surface area contributed by atoms with Crippen molar-refractivity contribution in [2.45, 2.75) is 165 Å². The summed E-state index contributed by atoms with van der Waals surface area (Å²) in [6.07, 6.45) is 22.4. The zero-order chi connectivity index (χ0) is 35.5. The highest BCUT2D eigenvalue weighted by molar-refractivity contribution is 5.86. The Bertz CT molecular complexity index is 1170. The molecule has 6 unspecified atom stereocenters. The molecular weight excluding hydrogens is 644 g/mol. The van der Waals surface area contributed by atoms with Crippen molar-refractivity contribution in [3.8, 4) is 12.5 Å². The molecule has 5 aliphatic rings. The number of carbonyl (C=O) groups is 4. The van der Waals surface area contributed by atoms with E-state index in [0.29, 0.717) is 57.8 Å². The van der Waals surface area contributed by atoms with E-state index < -0.39 is 35.6 Å². The largest absolute Gasteiger partial charge is 0.481 e. The van der Waals surface area contributed by atoms with E-state index in [2.05, 4.69) is 16.7 Å². The van der Waals surface area contributed by atoms with Gasteiger partial charge in [-0.15, -0.1) is 0 Å². The second-order valence-corrected chi connectivity index (χ2v) is 15.3. The number of carboxylic acid groups (broad SMARTS) is 2. The molecule has 0 bridgehead atoms. The van der Waals surface area contributed by atoms with Gasteiger partial charge in [0.1, 0.15) is 12.2 Å². The average Bonchev–Trinajstić information content (AvgIpc) is 3.12. The molecule has 0 aromatic rings. The molecule has 5 fully saturated rings. The van der Waals surface area contributed by atoms with Crippen LogP contribution in [0.1, 0.15) is 122 Å². The molecule has 5 saturated carbocycles. The molecule has 5 aliphatic carbocycles. The molecule has 0 radical (unpaired) electrons. The van der Waals surface area contributed by atoms with E-state index in [1.165, 1.54) is 19.3 Å². The summed E-state index contributed by atoms with van der Waals surface area (Å²) in [5.41, 5.74) is 0. The summed E-state index contributed by atoms with van der Waals surface area (Å²) in [5, 5.41) is 25.8. The zero-order valence-electron chi connectivity index (χ0n) is 29.4. The van der Waals surface area contributed by atoms with Gasteiger partial charge in [-0.3, -0.25) is 19.2 Å². The van der Waals surface area contributed by atoms with Crippen LogP contribution in [0.4, 0.5) is 0 Å². The van der Waals surface area contributed by atoms with Gasteiger partial charge in [-0.25, -0.2) is 0 Å². The van der Waals surface area contributed by atoms with Gasteiger partial charge in [-0.1, -0.05) is 25.7 Å². The van der Waals surface area contributed by atoms with Crippen LogP contribution in [0.3, 0.4) is 0 Å². The normalized spacial score (nSPS) is 35.3. The Labute approximate surface area is 296 Å². The molecule has 280 valence electrons. The molecule has 12 nitrogen and oxygen atoms in total. The first-order valence-electron chi connectivity index (χ1n) is 19.3. The van der Waals surface area contributed by atoms with Crippen LogP contribution in [-0.4, -0.2) is 89.8 Å². The van der Waals surface area contributed by atoms with E-state index >= 15 is 0 Å². The van der Waals surface area contributed by atoms with Gasteiger partial charge in [0.25, 0.3) is 0 Å². The Morgan fingerprint density at radius 1 is 0.540 bits per heavy atom. The fraction of sp³-hybridized carbons (Fsp3) is 0.842. The molecule has 0 heterocycles. The summed E-state index contributed by atoms with van der Waals surface area (Å²) in [6, 6.07) is -0.0288. The second kappa shape index (κ2) is 19.1. The minimum Gasteiger partial charge on any atom is -0.481 e. The van der Waals surface area contributed by atoms with Gasteiger partial charge in [-0.05, 0) is 103 Å². The summed E-state index contributed by atoms with van der Waals surface area (Å²) >= 11 is 0. The van der Waals surface area contributed by atoms with E-state index in [1.807, 2.05) is 0 Å². The van der Waals surface area contributed by atoms with Gasteiger partial charge in [0, 0.05) is 12.1 Å². The second-order valence-electron chi connectivity index (χ2n) is 15.3. The number of carbonyl (C=O) groups excluding carboxylic acids is 2. The van der Waals surface area contributed by atoms with Crippen molar-refractivity contribution in [3.63, 3.8) is 0 Å². The van der Waals surface area contributed by atoms with Crippen LogP contribution in [0.2, 0.25) is 0 Å². The maximum absolute atomic E-state index is 13.4. The number of ether oxygens (including phenoxy) is 4. The Morgan fingerprint density at radius 2 is 0.980 bits per heavy atom. The van der Waals surface area contributed by atoms with E-state index in [0.717, 1.165) is 64.2 Å². The van der Waals surface area contributed by atoms with Crippen LogP contribution >= 0.6 is 0 Å². The Morgan fingerprint density at radius 3 is 1.46 bits per heavy atom. The van der Waals surface area contributed by atoms with Gasteiger partial charge in [0.05, 0.1) is 61.3 Å². The third-order valence-electron chi connectivity index (χ3n) is 11.9. The Kier molecular flexibility index (Phi) is 14.6. The van der Waals surface area contributed by atoms with Gasteiger partial charge >= 0.3 is 11.9 Å². The first-order valence-corrected chi connectivity index (χ1v) is 19.3. The number of hydrogen-bond donors (Lipinski definition) is 4. The maximum atomic E-state index is 13.4. The summed E-state index contributed by atoms with van der Waals surface area (Å²) in [6.45, 7) is 0.995. The lowest BCUT2D eigenvalue weighted by molar-refractivity contribution is -0.152. The molecule has 2 amide bonds. The number of amides is 2. The van der Waals surface area contributed by atoms with Crippen LogP contribution in [0, 0.1) is 36.2 Å². The zero-order valence-corrected chi connectivity index (χ0v) is 29.4. The molecule has 4 N–H and O–H groups in total. The molecule has 0 aromatic heterocycles. The minimum absolute atomic E-state index is 0.00650. The lowest BCUT2D eigenvalue weighted by Crippen LogP contribution is -2.48. The highest BCUT2D eigenvalue weighted by Crippen LogP contribution is 2.35. The van der Waals surface area contributed by atoms with Crippen molar-refractivity contribution in [3.05, 3.63) is 0 Å². The van der Waals surface area contributed by atoms with Crippen molar-refractivity contribution in [2.75, 3.05) is 13.2 Å². The van der Waals surface area contributed by atoms with Crippen LogP contribution < -0.4 is 10.6 Å². The molecule has 5 rings (SSSR count). The van der Waals surface area contributed by atoms with Crippen molar-refractivity contribution in [2.24, 2.45) is 23.7 Å². The molecule has 50 heavy (non-hydrogen) atoms. The van der Waals surface area contributed by atoms with Crippen molar-refractivity contribution < 1.29 is 48.3 Å². The summed E-state index contributed by atoms with van der Waals surface area (Å²) in [5.74, 6) is -5.01. The van der Waals surface area contributed by atoms with E-state index in [9.17, 15) is 29.4 Å². The molecule has 12 heteroatoms. The topological polar surface area (TPSA) is 170 Å². The SMILES string of the molecule is C#COC1CCC(C(=O)O)C(C(=O)NC2CCC(OC3CCC(NC(=O)C4CC(OCCOC5CCCCC5)CCC4C(=O)O)CC3)CC2)C1. The van der Waals surface area contributed by atoms with E-state index in [-0.39, 0.29) is 48.3 Å². The predicted molar refractivity (Wildman–Crippen MR) is 183 cm³/mol. The number of aliphatic carboxylic acids is 2. The van der Waals surface area contributed by atoms with E-state index in [1.54, 1.807) is 0 Å². The van der Waals surface area contributed by atoms with Gasteiger partial charge in [0.2, 0.25) is 11.8 Å². The van der Waals surface area contributed by atoms with E-state index in [4.69, 9.17) is 25.4 Å². The smallest absolute Gasteiger partial charge is 0.307 e. The monoisotopic (exact) mass is 702 g/mol. The number of carboxylic acids is 2. The number of nitrogens with one attached hydrogen (secondary N) is 2. The van der Waals surface area contributed by atoms with Crippen molar-refractivity contribution in [1.82, 2.24) is 10.6 Å². The molecule has 0 aliphatic heterocycles. The maximum Gasteiger partial charge on any atom is 0.307 e. The molecule has 0 spiro atoms. The van der Waals surface area contributed by atoms with Crippen molar-refractivity contribution >= 4 is 23.8 Å². The molecule has 0 saturated heterocycles. The third kappa shape index (κ3) is 11.1. The van der Waals surface area contributed by atoms with Crippen LogP contribution in [-0.2, 0) is 38.1 Å². The van der Waals surface area contributed by atoms with Crippen LogP contribution in [0.15, 0.2) is 0 Å². The number of hydrogen-bond acceptors (Lipinski definition) is 8. The van der Waals surface area contributed by atoms with Crippen molar-refractivity contribution in [1.29, 1.82) is 0 Å². The average molecular weight is 703 g/mol. The molecular formula is C38H58N2O10. The Hall–Kier alpha value is -2.88. The quantitative estimate of drug-likeness (QED) is 0.149. The van der Waals surface area contributed by atoms with Crippen LogP contribution in [0.25, 0.3) is 0 Å². The fourth-order valence-corrected chi connectivity index (χ4v) is 9.03. The predicted octanol–water partition coefficient (Wildman–Crippen LogP) is 4.57. The number of rotatable bonds is 14. The molecule has 0 aromatic carbocycles. The molecule has 6 atom stereocenters. The van der Waals surface area contributed by atoms with Crippen LogP contribution in [0.5, 0.6) is 0 Å². The highest BCUT2D eigenvalue weighted by Gasteiger charge is 2.42. The number of terminal acetylenes is 1. The third-order valence-corrected chi connectivity index (χ3v) is 11.9. The van der Waals surface area contributed by atoms with Gasteiger partial charge in [-0.2, -0.15) is 0 Å². The minimum atomic E-state index is -0.960. The lowest BCUT2D eigenvalue weighted by Gasteiger charge is -2.37.